The van der Waals surface area contributed by atoms with Gasteiger partial charge in [-0.1, -0.05) is 6.07 Å². The van der Waals surface area contributed by atoms with Gasteiger partial charge in [-0.3, -0.25) is 4.79 Å². The van der Waals surface area contributed by atoms with Crippen molar-refractivity contribution in [3.63, 3.8) is 0 Å². The van der Waals surface area contributed by atoms with E-state index in [-0.39, 0.29) is 25.0 Å². The summed E-state index contributed by atoms with van der Waals surface area (Å²) < 4.78 is 63.4. The lowest BCUT2D eigenvalue weighted by Gasteiger charge is -2.13. The highest BCUT2D eigenvalue weighted by molar-refractivity contribution is 7.89. The molecular weight excluding hydrogens is 359 g/mol. The van der Waals surface area contributed by atoms with Crippen molar-refractivity contribution in [1.29, 1.82) is 0 Å². The Labute approximate surface area is 138 Å². The third kappa shape index (κ3) is 6.73. The lowest BCUT2D eigenvalue weighted by molar-refractivity contribution is -0.137. The molecule has 0 aromatic heterocycles. The Morgan fingerprint density at radius 2 is 1.96 bits per heavy atom. The van der Waals surface area contributed by atoms with Gasteiger partial charge in [0.15, 0.2) is 0 Å². The highest BCUT2D eigenvalue weighted by Crippen LogP contribution is 2.30. The summed E-state index contributed by atoms with van der Waals surface area (Å²) in [5.74, 6) is -0.631. The molecule has 1 aromatic rings. The first-order chi connectivity index (χ1) is 10.1. The van der Waals surface area contributed by atoms with Gasteiger partial charge in [0.2, 0.25) is 15.9 Å². The van der Waals surface area contributed by atoms with Gasteiger partial charge in [0.1, 0.15) is 0 Å². The summed E-state index contributed by atoms with van der Waals surface area (Å²) in [6.07, 6.45) is -4.65. The summed E-state index contributed by atoms with van der Waals surface area (Å²) in [6.45, 7) is 1.20. The SMILES string of the molecule is C[C@@H](CN)NC(=O)CNS(=O)(=O)c1cccc(C(F)(F)F)c1.Cl. The largest absolute Gasteiger partial charge is 0.416 e. The summed E-state index contributed by atoms with van der Waals surface area (Å²) in [5, 5.41) is 2.42. The molecule has 0 saturated heterocycles. The topological polar surface area (TPSA) is 101 Å². The Kier molecular flexibility index (Phi) is 7.98. The molecule has 23 heavy (non-hydrogen) atoms. The van der Waals surface area contributed by atoms with Gasteiger partial charge in [-0.05, 0) is 25.1 Å². The molecule has 0 aliphatic rings. The van der Waals surface area contributed by atoms with Crippen molar-refractivity contribution < 1.29 is 26.4 Å². The highest BCUT2D eigenvalue weighted by Gasteiger charge is 2.31. The van der Waals surface area contributed by atoms with Crippen molar-refractivity contribution in [3.05, 3.63) is 29.8 Å². The van der Waals surface area contributed by atoms with Gasteiger partial charge in [-0.25, -0.2) is 13.1 Å². The van der Waals surface area contributed by atoms with Crippen LogP contribution in [-0.4, -0.2) is 33.5 Å². The Morgan fingerprint density at radius 3 is 2.48 bits per heavy atom. The van der Waals surface area contributed by atoms with Crippen LogP contribution in [0.2, 0.25) is 0 Å². The summed E-state index contributed by atoms with van der Waals surface area (Å²) in [7, 11) is -4.22. The van der Waals surface area contributed by atoms with Gasteiger partial charge in [-0.15, -0.1) is 12.4 Å². The maximum absolute atomic E-state index is 12.6. The fourth-order valence-electron chi connectivity index (χ4n) is 1.47. The van der Waals surface area contributed by atoms with E-state index in [4.69, 9.17) is 5.73 Å². The molecule has 0 saturated carbocycles. The van der Waals surface area contributed by atoms with Crippen LogP contribution in [0.4, 0.5) is 13.2 Å². The van der Waals surface area contributed by atoms with Crippen LogP contribution in [0.1, 0.15) is 12.5 Å². The van der Waals surface area contributed by atoms with E-state index >= 15 is 0 Å². The van der Waals surface area contributed by atoms with Crippen LogP contribution < -0.4 is 15.8 Å². The number of carbonyl (C=O) groups excluding carboxylic acids is 1. The Morgan fingerprint density at radius 1 is 1.35 bits per heavy atom. The molecule has 0 aliphatic carbocycles. The zero-order valence-corrected chi connectivity index (χ0v) is 13.7. The molecule has 132 valence electrons. The normalized spacial score (nSPS) is 13.1. The fraction of sp³-hybridized carbons (Fsp3) is 0.417. The van der Waals surface area contributed by atoms with Crippen molar-refractivity contribution in [3.8, 4) is 0 Å². The molecule has 0 unspecified atom stereocenters. The molecule has 0 heterocycles. The van der Waals surface area contributed by atoms with Crippen molar-refractivity contribution in [2.24, 2.45) is 5.73 Å². The minimum Gasteiger partial charge on any atom is -0.351 e. The number of sulfonamides is 1. The van der Waals surface area contributed by atoms with E-state index in [9.17, 15) is 26.4 Å². The predicted octanol–water partition coefficient (Wildman–Crippen LogP) is 0.869. The maximum atomic E-state index is 12.6. The standard InChI is InChI=1S/C12H16F3N3O3S.ClH/c1-8(6-16)18-11(19)7-17-22(20,21)10-4-2-3-9(5-10)12(13,14)15;/h2-5,8,17H,6-7,16H2,1H3,(H,18,19);1H/t8-;/m0./s1. The number of rotatable bonds is 6. The molecule has 1 rings (SSSR count). The fourth-order valence-corrected chi connectivity index (χ4v) is 2.50. The number of hydrogen-bond acceptors (Lipinski definition) is 4. The Balaban J connectivity index is 0.00000484. The lowest BCUT2D eigenvalue weighted by atomic mass is 10.2. The van der Waals surface area contributed by atoms with Gasteiger partial charge < -0.3 is 11.1 Å². The van der Waals surface area contributed by atoms with E-state index in [1.54, 1.807) is 6.92 Å². The summed E-state index contributed by atoms with van der Waals surface area (Å²) in [6, 6.07) is 2.91. The van der Waals surface area contributed by atoms with Crippen LogP contribution in [0.5, 0.6) is 0 Å². The van der Waals surface area contributed by atoms with E-state index in [1.165, 1.54) is 0 Å². The molecule has 0 spiro atoms. The maximum Gasteiger partial charge on any atom is 0.416 e. The number of hydrogen-bond donors (Lipinski definition) is 3. The summed E-state index contributed by atoms with van der Waals surface area (Å²) in [5.41, 5.74) is 4.20. The van der Waals surface area contributed by atoms with Gasteiger partial charge in [0.25, 0.3) is 0 Å². The third-order valence-corrected chi connectivity index (χ3v) is 4.05. The second-order valence-corrected chi connectivity index (χ2v) is 6.32. The molecule has 6 nitrogen and oxygen atoms in total. The van der Waals surface area contributed by atoms with Crippen molar-refractivity contribution in [2.75, 3.05) is 13.1 Å². The lowest BCUT2D eigenvalue weighted by Crippen LogP contribution is -2.43. The van der Waals surface area contributed by atoms with Gasteiger partial charge >= 0.3 is 6.18 Å². The molecule has 0 aliphatic heterocycles. The number of nitrogens with one attached hydrogen (secondary N) is 2. The highest BCUT2D eigenvalue weighted by atomic mass is 35.5. The molecule has 1 atom stereocenters. The first-order valence-corrected chi connectivity index (χ1v) is 7.71. The monoisotopic (exact) mass is 375 g/mol. The number of nitrogens with two attached hydrogens (primary N) is 1. The number of alkyl halides is 3. The number of benzene rings is 1. The number of amides is 1. The summed E-state index contributed by atoms with van der Waals surface area (Å²) >= 11 is 0. The van der Waals surface area contributed by atoms with Gasteiger partial charge in [-0.2, -0.15) is 13.2 Å². The van der Waals surface area contributed by atoms with E-state index < -0.39 is 39.1 Å². The van der Waals surface area contributed by atoms with Crippen LogP contribution >= 0.6 is 12.4 Å². The van der Waals surface area contributed by atoms with Crippen LogP contribution in [0.25, 0.3) is 0 Å². The Hall–Kier alpha value is -1.36. The average Bonchev–Trinajstić information content (AvgIpc) is 2.44. The molecule has 0 fully saturated rings. The van der Waals surface area contributed by atoms with Crippen LogP contribution in [0.3, 0.4) is 0 Å². The third-order valence-electron chi connectivity index (χ3n) is 2.66. The minimum atomic E-state index is -4.65. The first kappa shape index (κ1) is 21.6. The molecule has 4 N–H and O–H groups in total. The molecule has 0 bridgehead atoms. The van der Waals surface area contributed by atoms with Crippen molar-refractivity contribution in [1.82, 2.24) is 10.0 Å². The molecular formula is C12H17ClF3N3O3S. The second kappa shape index (κ2) is 8.48. The van der Waals surface area contributed by atoms with E-state index in [0.717, 1.165) is 18.2 Å². The van der Waals surface area contributed by atoms with E-state index in [0.29, 0.717) is 6.07 Å². The molecule has 1 aromatic carbocycles. The van der Waals surface area contributed by atoms with Crippen molar-refractivity contribution >= 4 is 28.3 Å². The summed E-state index contributed by atoms with van der Waals surface area (Å²) in [4.78, 5) is 10.9. The first-order valence-electron chi connectivity index (χ1n) is 6.22. The second-order valence-electron chi connectivity index (χ2n) is 4.55. The quantitative estimate of drug-likeness (QED) is 0.686. The van der Waals surface area contributed by atoms with Crippen LogP contribution in [0, 0.1) is 0 Å². The smallest absolute Gasteiger partial charge is 0.351 e. The zero-order valence-electron chi connectivity index (χ0n) is 12.1. The van der Waals surface area contributed by atoms with E-state index in [2.05, 4.69) is 5.32 Å². The Bertz CT molecular complexity index is 638. The predicted molar refractivity (Wildman–Crippen MR) is 80.5 cm³/mol. The number of halogens is 4. The van der Waals surface area contributed by atoms with Crippen LogP contribution in [-0.2, 0) is 21.0 Å². The van der Waals surface area contributed by atoms with Gasteiger partial charge in [0.05, 0.1) is 17.0 Å². The van der Waals surface area contributed by atoms with Crippen LogP contribution in [0.15, 0.2) is 29.2 Å². The minimum absolute atomic E-state index is 0. The zero-order chi connectivity index (χ0) is 17.0. The molecule has 1 amide bonds. The van der Waals surface area contributed by atoms with Gasteiger partial charge in [0, 0.05) is 12.6 Å². The van der Waals surface area contributed by atoms with Crippen molar-refractivity contribution in [2.45, 2.75) is 24.0 Å². The molecule has 0 radical (unpaired) electrons. The van der Waals surface area contributed by atoms with E-state index in [1.807, 2.05) is 4.72 Å². The number of carbonyl (C=O) groups is 1. The average molecular weight is 376 g/mol. The molecule has 11 heteroatoms.